The Kier molecular flexibility index (Phi) is 6.14. The molecule has 1 atom stereocenters. The maximum Gasteiger partial charge on any atom is 0.326 e. The van der Waals surface area contributed by atoms with Crippen LogP contribution >= 0.6 is 0 Å². The maximum absolute atomic E-state index is 12.4. The Morgan fingerprint density at radius 3 is 2.54 bits per heavy atom. The number of likely N-dealkylation sites (N-methyl/N-ethyl adjacent to an activating group) is 1. The summed E-state index contributed by atoms with van der Waals surface area (Å²) in [7, 11) is 2.08. The highest BCUT2D eigenvalue weighted by molar-refractivity contribution is 5.97. The van der Waals surface area contributed by atoms with Crippen LogP contribution in [-0.4, -0.2) is 66.1 Å². The topological polar surface area (TPSA) is 85.8 Å². The standard InChI is InChI=1S/C17H26N4O3/c1-12(2)10-14(17(23)24)19-16(22)13-4-5-18-15(11-13)21-8-6-20(3)7-9-21/h4-5,11-12,14H,6-10H2,1-3H3,(H,19,22)(H,23,24). The molecule has 7 nitrogen and oxygen atoms in total. The molecular weight excluding hydrogens is 308 g/mol. The number of carbonyl (C=O) groups is 2. The SMILES string of the molecule is CC(C)CC(NC(=O)c1ccnc(N2CCN(C)CC2)c1)C(=O)O. The molecule has 2 rings (SSSR count). The van der Waals surface area contributed by atoms with Crippen LogP contribution in [0.4, 0.5) is 5.82 Å². The number of aliphatic carboxylic acids is 1. The number of piperazine rings is 1. The summed E-state index contributed by atoms with van der Waals surface area (Å²) in [4.78, 5) is 32.4. The smallest absolute Gasteiger partial charge is 0.326 e. The molecule has 0 aromatic carbocycles. The van der Waals surface area contributed by atoms with Crippen LogP contribution in [0.5, 0.6) is 0 Å². The monoisotopic (exact) mass is 334 g/mol. The van der Waals surface area contributed by atoms with Crippen molar-refractivity contribution in [1.29, 1.82) is 0 Å². The highest BCUT2D eigenvalue weighted by Gasteiger charge is 2.22. The molecule has 2 heterocycles. The van der Waals surface area contributed by atoms with Crippen LogP contribution in [0, 0.1) is 5.92 Å². The van der Waals surface area contributed by atoms with E-state index in [1.54, 1.807) is 18.3 Å². The minimum absolute atomic E-state index is 0.185. The number of carbonyl (C=O) groups excluding carboxylic acids is 1. The highest BCUT2D eigenvalue weighted by atomic mass is 16.4. The molecule has 2 N–H and O–H groups in total. The van der Waals surface area contributed by atoms with Gasteiger partial charge in [0.25, 0.3) is 5.91 Å². The van der Waals surface area contributed by atoms with Crippen LogP contribution < -0.4 is 10.2 Å². The van der Waals surface area contributed by atoms with Crippen molar-refractivity contribution >= 4 is 17.7 Å². The summed E-state index contributed by atoms with van der Waals surface area (Å²) in [6.07, 6.45) is 2.00. The van der Waals surface area contributed by atoms with Crippen molar-refractivity contribution in [2.45, 2.75) is 26.3 Å². The van der Waals surface area contributed by atoms with Gasteiger partial charge in [0.05, 0.1) is 0 Å². The van der Waals surface area contributed by atoms with E-state index in [0.717, 1.165) is 32.0 Å². The van der Waals surface area contributed by atoms with E-state index in [1.807, 2.05) is 13.8 Å². The molecule has 7 heteroatoms. The van der Waals surface area contributed by atoms with E-state index >= 15 is 0 Å². The first-order valence-corrected chi connectivity index (χ1v) is 8.30. The van der Waals surface area contributed by atoms with Crippen LogP contribution in [-0.2, 0) is 4.79 Å². The van der Waals surface area contributed by atoms with Crippen molar-refractivity contribution < 1.29 is 14.7 Å². The molecule has 1 aliphatic heterocycles. The van der Waals surface area contributed by atoms with Gasteiger partial charge in [-0.05, 0) is 31.5 Å². The molecule has 1 fully saturated rings. The van der Waals surface area contributed by atoms with E-state index < -0.39 is 12.0 Å². The van der Waals surface area contributed by atoms with Crippen molar-refractivity contribution in [3.63, 3.8) is 0 Å². The first-order chi connectivity index (χ1) is 11.4. The zero-order chi connectivity index (χ0) is 17.7. The molecule has 1 aliphatic rings. The minimum Gasteiger partial charge on any atom is -0.480 e. The van der Waals surface area contributed by atoms with Crippen LogP contribution in [0.15, 0.2) is 18.3 Å². The van der Waals surface area contributed by atoms with Crippen LogP contribution in [0.25, 0.3) is 0 Å². The normalized spacial score (nSPS) is 16.9. The quantitative estimate of drug-likeness (QED) is 0.809. The van der Waals surface area contributed by atoms with E-state index in [-0.39, 0.29) is 11.8 Å². The Morgan fingerprint density at radius 2 is 1.96 bits per heavy atom. The average Bonchev–Trinajstić information content (AvgIpc) is 2.54. The van der Waals surface area contributed by atoms with Gasteiger partial charge in [0.1, 0.15) is 11.9 Å². The lowest BCUT2D eigenvalue weighted by Crippen LogP contribution is -2.45. The number of aromatic nitrogens is 1. The number of carboxylic acids is 1. The number of hydrogen-bond donors (Lipinski definition) is 2. The first-order valence-electron chi connectivity index (χ1n) is 8.30. The van der Waals surface area contributed by atoms with E-state index in [0.29, 0.717) is 12.0 Å². The zero-order valence-electron chi connectivity index (χ0n) is 14.5. The van der Waals surface area contributed by atoms with Gasteiger partial charge in [-0.3, -0.25) is 4.79 Å². The number of anilines is 1. The second-order valence-electron chi connectivity index (χ2n) is 6.69. The van der Waals surface area contributed by atoms with E-state index in [2.05, 4.69) is 27.1 Å². The minimum atomic E-state index is -1.01. The Hall–Kier alpha value is -2.15. The molecule has 132 valence electrons. The molecular formula is C17H26N4O3. The summed E-state index contributed by atoms with van der Waals surface area (Å²) in [5.41, 5.74) is 0.439. The third-order valence-electron chi connectivity index (χ3n) is 4.15. The second kappa shape index (κ2) is 8.10. The molecule has 1 unspecified atom stereocenters. The lowest BCUT2D eigenvalue weighted by molar-refractivity contribution is -0.139. The molecule has 0 aliphatic carbocycles. The molecule has 1 saturated heterocycles. The van der Waals surface area contributed by atoms with Gasteiger partial charge in [0.15, 0.2) is 0 Å². The molecule has 0 bridgehead atoms. The number of rotatable bonds is 6. The van der Waals surface area contributed by atoms with Crippen molar-refractivity contribution in [3.05, 3.63) is 23.9 Å². The fourth-order valence-corrected chi connectivity index (χ4v) is 2.70. The Balaban J connectivity index is 2.06. The summed E-state index contributed by atoms with van der Waals surface area (Å²) in [6.45, 7) is 7.49. The van der Waals surface area contributed by atoms with Gasteiger partial charge in [-0.2, -0.15) is 0 Å². The van der Waals surface area contributed by atoms with Crippen LogP contribution in [0.1, 0.15) is 30.6 Å². The van der Waals surface area contributed by atoms with Gasteiger partial charge in [0.2, 0.25) is 0 Å². The largest absolute Gasteiger partial charge is 0.480 e. The van der Waals surface area contributed by atoms with Gasteiger partial charge in [0, 0.05) is 37.9 Å². The predicted molar refractivity (Wildman–Crippen MR) is 92.3 cm³/mol. The van der Waals surface area contributed by atoms with Crippen molar-refractivity contribution in [2.24, 2.45) is 5.92 Å². The van der Waals surface area contributed by atoms with Crippen molar-refractivity contribution in [2.75, 3.05) is 38.1 Å². The zero-order valence-corrected chi connectivity index (χ0v) is 14.5. The third-order valence-corrected chi connectivity index (χ3v) is 4.15. The van der Waals surface area contributed by atoms with E-state index in [1.165, 1.54) is 0 Å². The fourth-order valence-electron chi connectivity index (χ4n) is 2.70. The van der Waals surface area contributed by atoms with Crippen molar-refractivity contribution in [1.82, 2.24) is 15.2 Å². The number of hydrogen-bond acceptors (Lipinski definition) is 5. The third kappa shape index (κ3) is 4.92. The van der Waals surface area contributed by atoms with E-state index in [4.69, 9.17) is 0 Å². The number of pyridine rings is 1. The van der Waals surface area contributed by atoms with Gasteiger partial charge in [-0.25, -0.2) is 9.78 Å². The van der Waals surface area contributed by atoms with Crippen LogP contribution in [0.2, 0.25) is 0 Å². The molecule has 0 spiro atoms. The van der Waals surface area contributed by atoms with Crippen molar-refractivity contribution in [3.8, 4) is 0 Å². The maximum atomic E-state index is 12.4. The Morgan fingerprint density at radius 1 is 1.29 bits per heavy atom. The lowest BCUT2D eigenvalue weighted by Gasteiger charge is -2.33. The Bertz CT molecular complexity index is 583. The lowest BCUT2D eigenvalue weighted by atomic mass is 10.0. The summed E-state index contributed by atoms with van der Waals surface area (Å²) < 4.78 is 0. The number of carboxylic acid groups (broad SMARTS) is 1. The number of amides is 1. The van der Waals surface area contributed by atoms with Crippen LogP contribution in [0.3, 0.4) is 0 Å². The van der Waals surface area contributed by atoms with E-state index in [9.17, 15) is 14.7 Å². The fraction of sp³-hybridized carbons (Fsp3) is 0.588. The number of nitrogens with zero attached hydrogens (tertiary/aromatic N) is 3. The molecule has 1 amide bonds. The highest BCUT2D eigenvalue weighted by Crippen LogP contribution is 2.15. The molecule has 0 radical (unpaired) electrons. The molecule has 1 aromatic heterocycles. The molecule has 1 aromatic rings. The molecule has 0 saturated carbocycles. The Labute approximate surface area is 142 Å². The summed E-state index contributed by atoms with van der Waals surface area (Å²) >= 11 is 0. The van der Waals surface area contributed by atoms with Gasteiger partial charge >= 0.3 is 5.97 Å². The van der Waals surface area contributed by atoms with Gasteiger partial charge in [-0.15, -0.1) is 0 Å². The molecule has 24 heavy (non-hydrogen) atoms. The van der Waals surface area contributed by atoms with Gasteiger partial charge < -0.3 is 20.2 Å². The summed E-state index contributed by atoms with van der Waals surface area (Å²) in [5.74, 6) is -0.442. The van der Waals surface area contributed by atoms with Gasteiger partial charge in [-0.1, -0.05) is 13.8 Å². The summed E-state index contributed by atoms with van der Waals surface area (Å²) in [6, 6.07) is 2.47. The second-order valence-corrected chi connectivity index (χ2v) is 6.69. The number of nitrogens with one attached hydrogen (secondary N) is 1. The average molecular weight is 334 g/mol. The predicted octanol–water partition coefficient (Wildman–Crippen LogP) is 1.06. The summed E-state index contributed by atoms with van der Waals surface area (Å²) in [5, 5.41) is 11.9. The first kappa shape index (κ1) is 18.2.